The lowest BCUT2D eigenvalue weighted by molar-refractivity contribution is -0.140. The number of carboxylic acid groups (broad SMARTS) is 1. The van der Waals surface area contributed by atoms with E-state index < -0.39 is 41.5 Å². The molecule has 0 radical (unpaired) electrons. The van der Waals surface area contributed by atoms with Crippen LogP contribution in [0.5, 0.6) is 0 Å². The fraction of sp³-hybridized carbons (Fsp3) is 0.280. The van der Waals surface area contributed by atoms with Gasteiger partial charge in [0.2, 0.25) is 5.91 Å². The van der Waals surface area contributed by atoms with Crippen LogP contribution in [-0.4, -0.2) is 56.3 Å². The molecule has 0 aromatic heterocycles. The topological polar surface area (TPSA) is 127 Å². The number of carboxylic acids is 1. The van der Waals surface area contributed by atoms with Crippen molar-refractivity contribution in [1.29, 1.82) is 0 Å². The molecule has 0 heterocycles. The van der Waals surface area contributed by atoms with Crippen LogP contribution in [0, 0.1) is 0 Å². The number of hydrogen-bond acceptors (Lipinski definition) is 6. The van der Waals surface area contributed by atoms with Crippen LogP contribution in [0.2, 0.25) is 0 Å². The van der Waals surface area contributed by atoms with Crippen molar-refractivity contribution in [2.75, 3.05) is 5.75 Å². The highest BCUT2D eigenvalue weighted by Gasteiger charge is 2.42. The lowest BCUT2D eigenvalue weighted by atomic mass is 9.80. The van der Waals surface area contributed by atoms with Gasteiger partial charge in [0.05, 0.1) is 11.4 Å². The van der Waals surface area contributed by atoms with E-state index in [1.807, 2.05) is 48.5 Å². The number of fused-ring (bicyclic) bond motifs is 2. The van der Waals surface area contributed by atoms with E-state index in [2.05, 4.69) is 5.32 Å². The molecule has 5 atom stereocenters. The Morgan fingerprint density at radius 3 is 2.30 bits per heavy atom. The summed E-state index contributed by atoms with van der Waals surface area (Å²) in [7, 11) is 0. The van der Waals surface area contributed by atoms with E-state index in [-0.39, 0.29) is 5.75 Å². The van der Waals surface area contributed by atoms with E-state index in [1.165, 1.54) is 6.92 Å². The maximum Gasteiger partial charge on any atom is 0.327 e. The molecule has 0 aliphatic heterocycles. The second-order valence-electron chi connectivity index (χ2n) is 8.51. The summed E-state index contributed by atoms with van der Waals surface area (Å²) in [6.45, 7) is 1.25. The molecule has 7 nitrogen and oxygen atoms in total. The summed E-state index contributed by atoms with van der Waals surface area (Å²) in [6.07, 6.45) is -4.02. The summed E-state index contributed by atoms with van der Waals surface area (Å²) < 4.78 is 0. The van der Waals surface area contributed by atoms with Gasteiger partial charge in [-0.1, -0.05) is 42.5 Å². The first-order chi connectivity index (χ1) is 15.8. The Morgan fingerprint density at radius 1 is 0.970 bits per heavy atom. The third kappa shape index (κ3) is 3.50. The molecule has 4 aromatic rings. The van der Waals surface area contributed by atoms with E-state index in [9.17, 15) is 30.0 Å². The van der Waals surface area contributed by atoms with Crippen LogP contribution in [0.4, 0.5) is 0 Å². The van der Waals surface area contributed by atoms with Gasteiger partial charge in [0.15, 0.2) is 0 Å². The summed E-state index contributed by atoms with van der Waals surface area (Å²) in [4.78, 5) is 23.0. The molecule has 0 spiro atoms. The Hall–Kier alpha value is -2.91. The van der Waals surface area contributed by atoms with Gasteiger partial charge < -0.3 is 25.7 Å². The van der Waals surface area contributed by atoms with Gasteiger partial charge in [-0.15, -0.1) is 11.8 Å². The Bertz CT molecular complexity index is 1370. The molecule has 1 aliphatic rings. The molecule has 5 N–H and O–H groups in total. The van der Waals surface area contributed by atoms with E-state index in [0.717, 1.165) is 44.1 Å². The third-order valence-corrected chi connectivity index (χ3v) is 7.83. The predicted octanol–water partition coefficient (Wildman–Crippen LogP) is 2.72. The first-order valence-corrected chi connectivity index (χ1v) is 11.7. The predicted molar refractivity (Wildman–Crippen MR) is 128 cm³/mol. The highest BCUT2D eigenvalue weighted by molar-refractivity contribution is 7.99. The molecular formula is C25H23NO6S. The number of aliphatic hydroxyl groups is 3. The molecule has 4 unspecified atom stereocenters. The SMILES string of the molecule is CC(=O)N[C@@H](CSC1c2c(cc3ccc4cccc5ccc2c3c45)C(O)C(O)C1O)C(=O)O. The second kappa shape index (κ2) is 8.14. The minimum absolute atomic E-state index is 0.0130. The number of carbonyl (C=O) groups is 2. The van der Waals surface area contributed by atoms with Crippen molar-refractivity contribution in [2.45, 2.75) is 36.5 Å². The quantitative estimate of drug-likeness (QED) is 0.287. The average molecular weight is 466 g/mol. The molecule has 5 rings (SSSR count). The van der Waals surface area contributed by atoms with Crippen LogP contribution in [0.3, 0.4) is 0 Å². The number of thioether (sulfide) groups is 1. The van der Waals surface area contributed by atoms with E-state index in [4.69, 9.17) is 0 Å². The smallest absolute Gasteiger partial charge is 0.327 e. The maximum atomic E-state index is 11.6. The number of nitrogens with one attached hydrogen (secondary N) is 1. The highest BCUT2D eigenvalue weighted by atomic mass is 32.2. The molecule has 0 bridgehead atoms. The number of aliphatic hydroxyl groups excluding tert-OH is 3. The molecular weight excluding hydrogens is 442 g/mol. The molecule has 1 amide bonds. The van der Waals surface area contributed by atoms with E-state index in [0.29, 0.717) is 11.1 Å². The zero-order chi connectivity index (χ0) is 23.4. The minimum Gasteiger partial charge on any atom is -0.480 e. The number of amides is 1. The van der Waals surface area contributed by atoms with Crippen molar-refractivity contribution < 1.29 is 30.0 Å². The van der Waals surface area contributed by atoms with Gasteiger partial charge in [-0.3, -0.25) is 4.79 Å². The number of rotatable bonds is 5. The van der Waals surface area contributed by atoms with Crippen LogP contribution in [0.15, 0.2) is 48.5 Å². The van der Waals surface area contributed by atoms with Crippen molar-refractivity contribution >= 4 is 56.0 Å². The monoisotopic (exact) mass is 465 g/mol. The fourth-order valence-electron chi connectivity index (χ4n) is 4.94. The first kappa shape index (κ1) is 21.9. The van der Waals surface area contributed by atoms with Crippen molar-refractivity contribution in [3.8, 4) is 0 Å². The van der Waals surface area contributed by atoms with Gasteiger partial charge >= 0.3 is 5.97 Å². The zero-order valence-corrected chi connectivity index (χ0v) is 18.5. The molecule has 0 saturated carbocycles. The largest absolute Gasteiger partial charge is 0.480 e. The Morgan fingerprint density at radius 2 is 1.64 bits per heavy atom. The third-order valence-electron chi connectivity index (χ3n) is 6.43. The molecule has 170 valence electrons. The summed E-state index contributed by atoms with van der Waals surface area (Å²) in [5.41, 5.74) is 1.20. The van der Waals surface area contributed by atoms with Crippen LogP contribution < -0.4 is 5.32 Å². The van der Waals surface area contributed by atoms with Gasteiger partial charge in [-0.25, -0.2) is 4.79 Å². The Labute approximate surface area is 193 Å². The summed E-state index contributed by atoms with van der Waals surface area (Å²) >= 11 is 1.15. The second-order valence-corrected chi connectivity index (χ2v) is 9.68. The normalized spacial score (nSPS) is 23.6. The van der Waals surface area contributed by atoms with Crippen LogP contribution in [0.25, 0.3) is 32.3 Å². The first-order valence-electron chi connectivity index (χ1n) is 10.6. The van der Waals surface area contributed by atoms with Crippen molar-refractivity contribution in [1.82, 2.24) is 5.32 Å². The highest BCUT2D eigenvalue weighted by Crippen LogP contribution is 2.49. The van der Waals surface area contributed by atoms with Crippen LogP contribution in [-0.2, 0) is 9.59 Å². The van der Waals surface area contributed by atoms with Gasteiger partial charge in [0.1, 0.15) is 18.2 Å². The van der Waals surface area contributed by atoms with Gasteiger partial charge in [0, 0.05) is 12.7 Å². The molecule has 1 aliphatic carbocycles. The molecule has 33 heavy (non-hydrogen) atoms. The van der Waals surface area contributed by atoms with Crippen LogP contribution in [0.1, 0.15) is 29.4 Å². The number of carbonyl (C=O) groups excluding carboxylic acids is 1. The number of hydrogen-bond donors (Lipinski definition) is 5. The van der Waals surface area contributed by atoms with Crippen molar-refractivity contribution in [2.24, 2.45) is 0 Å². The Kier molecular flexibility index (Phi) is 5.41. The van der Waals surface area contributed by atoms with E-state index in [1.54, 1.807) is 0 Å². The standard InChI is InChI=1S/C25H23NO6S/c1-11(27)26-17(25(31)32)10-33-24-20-15-8-7-13-4-2-3-12-5-6-14(19(15)18(12)13)9-16(20)21(28)22(29)23(24)30/h2-9,17,21-24,28-30H,10H2,1H3,(H,26,27)(H,31,32)/t17-,21?,22?,23?,24?/m0/s1. The van der Waals surface area contributed by atoms with E-state index >= 15 is 0 Å². The van der Waals surface area contributed by atoms with Crippen LogP contribution >= 0.6 is 11.8 Å². The molecule has 0 saturated heterocycles. The molecule has 8 heteroatoms. The summed E-state index contributed by atoms with van der Waals surface area (Å²) in [6, 6.07) is 14.7. The number of benzene rings is 4. The zero-order valence-electron chi connectivity index (χ0n) is 17.7. The van der Waals surface area contributed by atoms with Crippen molar-refractivity contribution in [3.63, 3.8) is 0 Å². The molecule has 4 aromatic carbocycles. The van der Waals surface area contributed by atoms with Gasteiger partial charge in [0.25, 0.3) is 0 Å². The van der Waals surface area contributed by atoms with Crippen molar-refractivity contribution in [3.05, 3.63) is 59.7 Å². The molecule has 0 fully saturated rings. The lowest BCUT2D eigenvalue weighted by Gasteiger charge is -2.38. The summed E-state index contributed by atoms with van der Waals surface area (Å²) in [5, 5.41) is 49.5. The average Bonchev–Trinajstić information content (AvgIpc) is 2.79. The lowest BCUT2D eigenvalue weighted by Crippen LogP contribution is -2.44. The number of aliphatic carboxylic acids is 1. The summed E-state index contributed by atoms with van der Waals surface area (Å²) in [5.74, 6) is -1.66. The van der Waals surface area contributed by atoms with Gasteiger partial charge in [-0.05, 0) is 49.5 Å². The fourth-order valence-corrected chi connectivity index (χ4v) is 6.35. The maximum absolute atomic E-state index is 11.6. The Balaban J connectivity index is 1.69. The minimum atomic E-state index is -1.42. The van der Waals surface area contributed by atoms with Gasteiger partial charge in [-0.2, -0.15) is 0 Å².